The van der Waals surface area contributed by atoms with Crippen LogP contribution in [0.25, 0.3) is 11.0 Å². The van der Waals surface area contributed by atoms with Crippen LogP contribution in [0, 0.1) is 0 Å². The van der Waals surface area contributed by atoms with Crippen LogP contribution >= 0.6 is 0 Å². The topological polar surface area (TPSA) is 52.3 Å². The average molecular weight is 219 g/mol. The number of aromatic nitrogens is 1. The van der Waals surface area contributed by atoms with E-state index in [0.717, 1.165) is 29.5 Å². The Balaban J connectivity index is 2.02. The number of benzene rings is 1. The van der Waals surface area contributed by atoms with Crippen molar-refractivity contribution in [3.63, 3.8) is 0 Å². The van der Waals surface area contributed by atoms with Crippen LogP contribution in [-0.2, 0) is 16.0 Å². The molecule has 0 spiro atoms. The number of nitrogens with zero attached hydrogens (tertiary/aromatic N) is 1. The molecule has 2 aromatic rings. The van der Waals surface area contributed by atoms with E-state index in [4.69, 9.17) is 4.52 Å². The minimum absolute atomic E-state index is 0.187. The molecular weight excluding hydrogens is 206 g/mol. The Kier molecular flexibility index (Phi) is 3.19. The fourth-order valence-electron chi connectivity index (χ4n) is 1.62. The van der Waals surface area contributed by atoms with Crippen LogP contribution in [0.1, 0.15) is 18.5 Å². The van der Waals surface area contributed by atoms with Crippen molar-refractivity contribution in [3.05, 3.63) is 30.0 Å². The summed E-state index contributed by atoms with van der Waals surface area (Å²) in [4.78, 5) is 10.9. The van der Waals surface area contributed by atoms with Crippen LogP contribution < -0.4 is 0 Å². The third-order valence-corrected chi connectivity index (χ3v) is 2.47. The zero-order valence-corrected chi connectivity index (χ0v) is 9.10. The van der Waals surface area contributed by atoms with Crippen molar-refractivity contribution in [1.82, 2.24) is 5.16 Å². The molecule has 0 radical (unpaired) electrons. The van der Waals surface area contributed by atoms with E-state index in [9.17, 15) is 4.79 Å². The van der Waals surface area contributed by atoms with E-state index in [0.29, 0.717) is 6.42 Å². The summed E-state index contributed by atoms with van der Waals surface area (Å²) >= 11 is 0. The van der Waals surface area contributed by atoms with Gasteiger partial charge in [0.05, 0.1) is 12.8 Å². The van der Waals surface area contributed by atoms with Gasteiger partial charge in [0.1, 0.15) is 0 Å². The summed E-state index contributed by atoms with van der Waals surface area (Å²) in [5, 5.41) is 5.01. The number of ether oxygens (including phenoxy) is 1. The van der Waals surface area contributed by atoms with Crippen molar-refractivity contribution in [1.29, 1.82) is 0 Å². The molecule has 0 aliphatic rings. The van der Waals surface area contributed by atoms with Crippen molar-refractivity contribution < 1.29 is 14.1 Å². The predicted octanol–water partition coefficient (Wildman–Crippen LogP) is 2.32. The van der Waals surface area contributed by atoms with Gasteiger partial charge in [0.15, 0.2) is 5.58 Å². The van der Waals surface area contributed by atoms with Gasteiger partial charge in [0, 0.05) is 11.8 Å². The molecule has 2 rings (SSSR count). The molecule has 0 bridgehead atoms. The highest BCUT2D eigenvalue weighted by Gasteiger charge is 2.08. The van der Waals surface area contributed by atoms with Crippen molar-refractivity contribution in [2.24, 2.45) is 0 Å². The lowest BCUT2D eigenvalue weighted by atomic mass is 10.1. The summed E-state index contributed by atoms with van der Waals surface area (Å²) in [6.45, 7) is 0. The second kappa shape index (κ2) is 4.79. The third kappa shape index (κ3) is 2.21. The Morgan fingerprint density at radius 3 is 3.06 bits per heavy atom. The van der Waals surface area contributed by atoms with Gasteiger partial charge in [-0.2, -0.15) is 0 Å². The molecule has 0 atom stereocenters. The number of rotatable bonds is 4. The normalized spacial score (nSPS) is 10.6. The third-order valence-electron chi connectivity index (χ3n) is 2.47. The van der Waals surface area contributed by atoms with Crippen molar-refractivity contribution in [2.45, 2.75) is 19.3 Å². The minimum atomic E-state index is -0.187. The summed E-state index contributed by atoms with van der Waals surface area (Å²) < 4.78 is 9.74. The summed E-state index contributed by atoms with van der Waals surface area (Å²) in [6.07, 6.45) is 1.87. The van der Waals surface area contributed by atoms with E-state index < -0.39 is 0 Å². The lowest BCUT2D eigenvalue weighted by Gasteiger charge is -1.97. The number of carbonyl (C=O) groups excluding carboxylic acids is 1. The molecular formula is C12H13NO3. The van der Waals surface area contributed by atoms with E-state index in [2.05, 4.69) is 9.89 Å². The van der Waals surface area contributed by atoms with Crippen LogP contribution in [0.4, 0.5) is 0 Å². The number of carbonyl (C=O) groups is 1. The lowest BCUT2D eigenvalue weighted by Crippen LogP contribution is -2.00. The Morgan fingerprint density at radius 1 is 1.44 bits per heavy atom. The molecule has 1 aromatic carbocycles. The second-order valence-corrected chi connectivity index (χ2v) is 3.56. The summed E-state index contributed by atoms with van der Waals surface area (Å²) in [7, 11) is 1.40. The monoisotopic (exact) mass is 219 g/mol. The van der Waals surface area contributed by atoms with Gasteiger partial charge in [0.2, 0.25) is 0 Å². The van der Waals surface area contributed by atoms with Gasteiger partial charge >= 0.3 is 5.97 Å². The van der Waals surface area contributed by atoms with Crippen LogP contribution in [0.5, 0.6) is 0 Å². The number of hydrogen-bond acceptors (Lipinski definition) is 4. The maximum absolute atomic E-state index is 10.9. The van der Waals surface area contributed by atoms with Gasteiger partial charge in [-0.3, -0.25) is 4.79 Å². The quantitative estimate of drug-likeness (QED) is 0.740. The van der Waals surface area contributed by atoms with Crippen LogP contribution in [0.3, 0.4) is 0 Å². The molecule has 0 amide bonds. The Bertz CT molecular complexity index is 490. The standard InChI is InChI=1S/C12H13NO3/c1-15-12(14)8-4-6-10-9-5-2-3-7-11(9)16-13-10/h2-3,5,7H,4,6,8H2,1H3. The number of esters is 1. The van der Waals surface area contributed by atoms with E-state index >= 15 is 0 Å². The van der Waals surface area contributed by atoms with Gasteiger partial charge in [-0.15, -0.1) is 0 Å². The molecule has 4 heteroatoms. The van der Waals surface area contributed by atoms with Crippen LogP contribution in [0.15, 0.2) is 28.8 Å². The van der Waals surface area contributed by atoms with Crippen LogP contribution in [0.2, 0.25) is 0 Å². The maximum Gasteiger partial charge on any atom is 0.305 e. The Hall–Kier alpha value is -1.84. The van der Waals surface area contributed by atoms with Gasteiger partial charge in [0.25, 0.3) is 0 Å². The lowest BCUT2D eigenvalue weighted by molar-refractivity contribution is -0.140. The molecule has 1 aromatic heterocycles. The number of para-hydroxylation sites is 1. The Labute approximate surface area is 93.2 Å². The van der Waals surface area contributed by atoms with Gasteiger partial charge in [-0.1, -0.05) is 17.3 Å². The summed E-state index contributed by atoms with van der Waals surface area (Å²) in [6, 6.07) is 7.71. The van der Waals surface area contributed by atoms with Gasteiger partial charge in [-0.05, 0) is 25.0 Å². The highest BCUT2D eigenvalue weighted by molar-refractivity contribution is 5.79. The van der Waals surface area contributed by atoms with Gasteiger partial charge in [-0.25, -0.2) is 0 Å². The molecule has 16 heavy (non-hydrogen) atoms. The van der Waals surface area contributed by atoms with E-state index in [1.54, 1.807) is 0 Å². The minimum Gasteiger partial charge on any atom is -0.469 e. The van der Waals surface area contributed by atoms with Crippen molar-refractivity contribution in [3.8, 4) is 0 Å². The second-order valence-electron chi connectivity index (χ2n) is 3.56. The van der Waals surface area contributed by atoms with Crippen LogP contribution in [-0.4, -0.2) is 18.2 Å². The number of fused-ring (bicyclic) bond motifs is 1. The first-order valence-corrected chi connectivity index (χ1v) is 5.21. The van der Waals surface area contributed by atoms with E-state index in [1.165, 1.54) is 7.11 Å². The smallest absolute Gasteiger partial charge is 0.305 e. The first kappa shape index (κ1) is 10.7. The molecule has 0 aliphatic carbocycles. The molecule has 0 aliphatic heterocycles. The summed E-state index contributed by atoms with van der Waals surface area (Å²) in [5.41, 5.74) is 1.69. The molecule has 4 nitrogen and oxygen atoms in total. The van der Waals surface area contributed by atoms with Gasteiger partial charge < -0.3 is 9.26 Å². The molecule has 0 N–H and O–H groups in total. The number of hydrogen-bond donors (Lipinski definition) is 0. The predicted molar refractivity (Wildman–Crippen MR) is 59.0 cm³/mol. The highest BCUT2D eigenvalue weighted by Crippen LogP contribution is 2.19. The highest BCUT2D eigenvalue weighted by atomic mass is 16.5. The fourth-order valence-corrected chi connectivity index (χ4v) is 1.62. The first-order chi connectivity index (χ1) is 7.81. The Morgan fingerprint density at radius 2 is 2.25 bits per heavy atom. The molecule has 1 heterocycles. The SMILES string of the molecule is COC(=O)CCCc1noc2ccccc12. The molecule has 0 unspecified atom stereocenters. The summed E-state index contributed by atoms with van der Waals surface area (Å²) in [5.74, 6) is -0.187. The maximum atomic E-state index is 10.9. The molecule has 0 fully saturated rings. The first-order valence-electron chi connectivity index (χ1n) is 5.21. The van der Waals surface area contributed by atoms with E-state index in [-0.39, 0.29) is 5.97 Å². The van der Waals surface area contributed by atoms with Crippen molar-refractivity contribution in [2.75, 3.05) is 7.11 Å². The largest absolute Gasteiger partial charge is 0.469 e. The number of methoxy groups -OCH3 is 1. The zero-order chi connectivity index (χ0) is 11.4. The fraction of sp³-hybridized carbons (Fsp3) is 0.333. The van der Waals surface area contributed by atoms with Crippen molar-refractivity contribution >= 4 is 16.9 Å². The molecule has 0 saturated heterocycles. The van der Waals surface area contributed by atoms with E-state index in [1.807, 2.05) is 24.3 Å². The zero-order valence-electron chi connectivity index (χ0n) is 9.10. The molecule has 84 valence electrons. The average Bonchev–Trinajstić information content (AvgIpc) is 2.73. The molecule has 0 saturated carbocycles. The number of aryl methyl sites for hydroxylation is 1.